The molecule has 34 heavy (non-hydrogen) atoms. The summed E-state index contributed by atoms with van der Waals surface area (Å²) < 4.78 is 15.5. The zero-order valence-corrected chi connectivity index (χ0v) is 19.0. The SMILES string of the molecule is CCOC(=O)COc1c(Cl)cc(C=NNc2nc(-c3ccccc3)c(C#N)c(=O)[nH]2)cc1OC. The first kappa shape index (κ1) is 24.3. The number of methoxy groups -OCH3 is 1. The van der Waals surface area contributed by atoms with E-state index in [1.165, 1.54) is 13.3 Å². The standard InChI is InChI=1S/C23H20ClN5O5/c1-3-33-19(30)13-34-21-17(24)9-14(10-18(21)32-2)12-26-29-23-27-20(15-7-5-4-6-8-15)16(11-25)22(31)28-23/h4-10,12H,3,13H2,1-2H3,(H2,27,28,29,31). The molecule has 10 nitrogen and oxygen atoms in total. The summed E-state index contributed by atoms with van der Waals surface area (Å²) in [6.45, 7) is 1.61. The number of ether oxygens (including phenoxy) is 3. The van der Waals surface area contributed by atoms with E-state index in [1.54, 1.807) is 43.3 Å². The van der Waals surface area contributed by atoms with Gasteiger partial charge in [0, 0.05) is 5.56 Å². The van der Waals surface area contributed by atoms with Crippen LogP contribution in [0.3, 0.4) is 0 Å². The number of rotatable bonds is 9. The van der Waals surface area contributed by atoms with Gasteiger partial charge in [-0.25, -0.2) is 15.2 Å². The van der Waals surface area contributed by atoms with Crippen molar-refractivity contribution in [3.8, 4) is 28.8 Å². The quantitative estimate of drug-likeness (QED) is 0.269. The lowest BCUT2D eigenvalue weighted by Gasteiger charge is -2.12. The van der Waals surface area contributed by atoms with Gasteiger partial charge in [0.25, 0.3) is 5.56 Å². The lowest BCUT2D eigenvalue weighted by molar-refractivity contribution is -0.145. The van der Waals surface area contributed by atoms with Crippen LogP contribution >= 0.6 is 11.6 Å². The van der Waals surface area contributed by atoms with E-state index < -0.39 is 11.5 Å². The van der Waals surface area contributed by atoms with Gasteiger partial charge in [0.05, 0.1) is 30.6 Å². The second-order valence-electron chi connectivity index (χ2n) is 6.61. The van der Waals surface area contributed by atoms with Crippen LogP contribution in [0.2, 0.25) is 5.02 Å². The summed E-state index contributed by atoms with van der Waals surface area (Å²) in [6, 6.07) is 13.9. The number of H-pyrrole nitrogens is 1. The number of benzene rings is 2. The Morgan fingerprint density at radius 3 is 2.76 bits per heavy atom. The van der Waals surface area contributed by atoms with Crippen LogP contribution in [0.5, 0.6) is 11.5 Å². The molecule has 0 unspecified atom stereocenters. The third-order valence-electron chi connectivity index (χ3n) is 4.35. The van der Waals surface area contributed by atoms with E-state index in [1.807, 2.05) is 12.1 Å². The number of anilines is 1. The molecule has 0 radical (unpaired) electrons. The molecule has 0 atom stereocenters. The molecule has 0 saturated carbocycles. The summed E-state index contributed by atoms with van der Waals surface area (Å²) in [5, 5.41) is 13.6. The first-order chi connectivity index (χ1) is 16.5. The van der Waals surface area contributed by atoms with Gasteiger partial charge in [0.1, 0.15) is 11.6 Å². The summed E-state index contributed by atoms with van der Waals surface area (Å²) in [5.74, 6) is -0.0109. The van der Waals surface area contributed by atoms with E-state index in [-0.39, 0.29) is 46.9 Å². The zero-order chi connectivity index (χ0) is 24.5. The highest BCUT2D eigenvalue weighted by molar-refractivity contribution is 6.32. The van der Waals surface area contributed by atoms with Crippen LogP contribution in [0.1, 0.15) is 18.1 Å². The minimum absolute atomic E-state index is 0.0477. The lowest BCUT2D eigenvalue weighted by Crippen LogP contribution is -2.16. The second-order valence-corrected chi connectivity index (χ2v) is 7.02. The summed E-state index contributed by atoms with van der Waals surface area (Å²) in [6.07, 6.45) is 1.42. The highest BCUT2D eigenvalue weighted by Crippen LogP contribution is 2.36. The predicted octanol–water partition coefficient (Wildman–Crippen LogP) is 3.36. The van der Waals surface area contributed by atoms with Gasteiger partial charge in [-0.3, -0.25) is 9.78 Å². The molecule has 0 fully saturated rings. The number of carbonyl (C=O) groups excluding carboxylic acids is 1. The van der Waals surface area contributed by atoms with E-state index in [2.05, 4.69) is 20.5 Å². The normalized spacial score (nSPS) is 10.5. The second kappa shape index (κ2) is 11.5. The highest BCUT2D eigenvalue weighted by atomic mass is 35.5. The molecular formula is C23H20ClN5O5. The average Bonchev–Trinajstić information content (AvgIpc) is 2.83. The molecule has 0 bridgehead atoms. The molecule has 0 aliphatic carbocycles. The highest BCUT2D eigenvalue weighted by Gasteiger charge is 2.15. The number of carbonyl (C=O) groups is 1. The minimum atomic E-state index is -0.595. The first-order valence-electron chi connectivity index (χ1n) is 10.0. The Morgan fingerprint density at radius 2 is 2.09 bits per heavy atom. The number of hydrogen-bond donors (Lipinski definition) is 2. The van der Waals surface area contributed by atoms with Crippen LogP contribution in [0.4, 0.5) is 5.95 Å². The number of hydrogen-bond acceptors (Lipinski definition) is 9. The molecule has 0 saturated heterocycles. The number of aromatic nitrogens is 2. The number of aromatic amines is 1. The van der Waals surface area contributed by atoms with Crippen LogP contribution in [0, 0.1) is 11.3 Å². The molecule has 2 N–H and O–H groups in total. The average molecular weight is 482 g/mol. The molecule has 1 aromatic heterocycles. The fourth-order valence-electron chi connectivity index (χ4n) is 2.89. The van der Waals surface area contributed by atoms with E-state index in [0.29, 0.717) is 11.1 Å². The monoisotopic (exact) mass is 481 g/mol. The van der Waals surface area contributed by atoms with Gasteiger partial charge in [-0.1, -0.05) is 41.9 Å². The Labute approximate surface area is 199 Å². The van der Waals surface area contributed by atoms with Crippen LogP contribution in [-0.2, 0) is 9.53 Å². The number of nitrogens with zero attached hydrogens (tertiary/aromatic N) is 3. The summed E-state index contributed by atoms with van der Waals surface area (Å²) >= 11 is 6.28. The van der Waals surface area contributed by atoms with Gasteiger partial charge in [0.2, 0.25) is 5.95 Å². The van der Waals surface area contributed by atoms with Gasteiger partial charge in [-0.2, -0.15) is 10.4 Å². The minimum Gasteiger partial charge on any atom is -0.493 e. The molecule has 2 aromatic carbocycles. The molecule has 11 heteroatoms. The number of nitriles is 1. The van der Waals surface area contributed by atoms with Crippen molar-refractivity contribution in [2.24, 2.45) is 5.10 Å². The van der Waals surface area contributed by atoms with Crippen LogP contribution in [-0.4, -0.2) is 42.5 Å². The number of hydrazone groups is 1. The Morgan fingerprint density at radius 1 is 1.32 bits per heavy atom. The maximum absolute atomic E-state index is 12.3. The van der Waals surface area contributed by atoms with Gasteiger partial charge in [-0.15, -0.1) is 0 Å². The Balaban J connectivity index is 1.81. The van der Waals surface area contributed by atoms with E-state index in [4.69, 9.17) is 25.8 Å². The molecule has 0 aliphatic rings. The maximum atomic E-state index is 12.3. The van der Waals surface area contributed by atoms with Crippen molar-refractivity contribution in [3.63, 3.8) is 0 Å². The fourth-order valence-corrected chi connectivity index (χ4v) is 3.16. The smallest absolute Gasteiger partial charge is 0.344 e. The Bertz CT molecular complexity index is 1300. The third-order valence-corrected chi connectivity index (χ3v) is 4.63. The van der Waals surface area contributed by atoms with E-state index >= 15 is 0 Å². The molecule has 174 valence electrons. The number of halogens is 1. The van der Waals surface area contributed by atoms with Gasteiger partial charge >= 0.3 is 5.97 Å². The molecule has 1 heterocycles. The van der Waals surface area contributed by atoms with Crippen LogP contribution in [0.25, 0.3) is 11.3 Å². The molecule has 0 aliphatic heterocycles. The number of nitrogens with one attached hydrogen (secondary N) is 2. The Kier molecular flexibility index (Phi) is 8.21. The lowest BCUT2D eigenvalue weighted by atomic mass is 10.1. The van der Waals surface area contributed by atoms with Crippen molar-refractivity contribution >= 4 is 29.7 Å². The molecule has 3 aromatic rings. The van der Waals surface area contributed by atoms with Crippen LogP contribution < -0.4 is 20.5 Å². The van der Waals surface area contributed by atoms with Crippen molar-refractivity contribution in [2.45, 2.75) is 6.92 Å². The maximum Gasteiger partial charge on any atom is 0.344 e. The summed E-state index contributed by atoms with van der Waals surface area (Å²) in [4.78, 5) is 30.6. The fraction of sp³-hybridized carbons (Fsp3) is 0.174. The topological polar surface area (TPSA) is 139 Å². The van der Waals surface area contributed by atoms with E-state index in [9.17, 15) is 14.9 Å². The zero-order valence-electron chi connectivity index (χ0n) is 18.3. The van der Waals surface area contributed by atoms with Crippen molar-refractivity contribution in [2.75, 3.05) is 25.7 Å². The summed E-state index contributed by atoms with van der Waals surface area (Å²) in [5.41, 5.74) is 3.33. The predicted molar refractivity (Wildman–Crippen MR) is 126 cm³/mol. The van der Waals surface area contributed by atoms with Gasteiger partial charge < -0.3 is 14.2 Å². The molecule has 0 spiro atoms. The van der Waals surface area contributed by atoms with Gasteiger partial charge in [0.15, 0.2) is 18.1 Å². The summed E-state index contributed by atoms with van der Waals surface area (Å²) in [7, 11) is 1.43. The molecular weight excluding hydrogens is 462 g/mol. The van der Waals surface area contributed by atoms with Crippen molar-refractivity contribution in [1.29, 1.82) is 5.26 Å². The Hall–Kier alpha value is -4.36. The van der Waals surface area contributed by atoms with E-state index in [0.717, 1.165) is 0 Å². The largest absolute Gasteiger partial charge is 0.493 e. The van der Waals surface area contributed by atoms with Gasteiger partial charge in [-0.05, 0) is 24.6 Å². The first-order valence-corrected chi connectivity index (χ1v) is 10.4. The van der Waals surface area contributed by atoms with Crippen molar-refractivity contribution in [3.05, 3.63) is 69.0 Å². The van der Waals surface area contributed by atoms with Crippen molar-refractivity contribution < 1.29 is 19.0 Å². The van der Waals surface area contributed by atoms with Crippen LogP contribution in [0.15, 0.2) is 52.4 Å². The molecule has 0 amide bonds. The molecule has 3 rings (SSSR count). The third kappa shape index (κ3) is 5.90. The van der Waals surface area contributed by atoms with Crippen molar-refractivity contribution in [1.82, 2.24) is 9.97 Å². The number of esters is 1.